The predicted molar refractivity (Wildman–Crippen MR) is 108 cm³/mol. The average Bonchev–Trinajstić information content (AvgIpc) is 2.66. The zero-order valence-electron chi connectivity index (χ0n) is 15.7. The number of carbonyl (C=O) groups excluding carboxylic acids is 1. The quantitative estimate of drug-likeness (QED) is 0.471. The first-order chi connectivity index (χ1) is 12.8. The van der Waals surface area contributed by atoms with Gasteiger partial charge in [-0.1, -0.05) is 25.3 Å². The molecule has 0 aromatic heterocycles. The lowest BCUT2D eigenvalue weighted by molar-refractivity contribution is -0.385. The Morgan fingerprint density at radius 2 is 2.00 bits per heavy atom. The molecule has 2 rings (SSSR count). The Morgan fingerprint density at radius 1 is 1.36 bits per heavy atom. The zero-order valence-corrected chi connectivity index (χ0v) is 17.4. The van der Waals surface area contributed by atoms with Crippen LogP contribution >= 0.6 is 12.4 Å². The maximum atomic E-state index is 12.6. The van der Waals surface area contributed by atoms with Crippen LogP contribution in [0, 0.1) is 16.0 Å². The smallest absolute Gasteiger partial charge is 0.270 e. The van der Waals surface area contributed by atoms with E-state index in [4.69, 9.17) is 5.73 Å². The molecule has 0 radical (unpaired) electrons. The molecule has 1 aliphatic carbocycles. The van der Waals surface area contributed by atoms with Gasteiger partial charge in [0, 0.05) is 31.8 Å². The van der Waals surface area contributed by atoms with Crippen LogP contribution < -0.4 is 11.1 Å². The number of benzene rings is 1. The summed E-state index contributed by atoms with van der Waals surface area (Å²) in [5.41, 5.74) is 5.47. The first-order valence-electron chi connectivity index (χ1n) is 8.96. The van der Waals surface area contributed by atoms with E-state index in [9.17, 15) is 23.3 Å². The predicted octanol–water partition coefficient (Wildman–Crippen LogP) is 1.66. The van der Waals surface area contributed by atoms with E-state index < -0.39 is 20.9 Å². The number of nitro benzene ring substituents is 1. The van der Waals surface area contributed by atoms with Gasteiger partial charge < -0.3 is 11.1 Å². The average molecular weight is 435 g/mol. The topological polar surface area (TPSA) is 136 Å². The lowest BCUT2D eigenvalue weighted by Crippen LogP contribution is -2.49. The highest BCUT2D eigenvalue weighted by Crippen LogP contribution is 2.26. The van der Waals surface area contributed by atoms with Crippen molar-refractivity contribution in [3.8, 4) is 0 Å². The van der Waals surface area contributed by atoms with E-state index in [1.165, 1.54) is 31.7 Å². The molecule has 0 spiro atoms. The Kier molecular flexibility index (Phi) is 9.28. The van der Waals surface area contributed by atoms with Gasteiger partial charge >= 0.3 is 0 Å². The summed E-state index contributed by atoms with van der Waals surface area (Å²) in [6.45, 7) is -0.0774. The number of carbonyl (C=O) groups is 1. The normalized spacial score (nSPS) is 16.2. The summed E-state index contributed by atoms with van der Waals surface area (Å²) >= 11 is 0. The molecule has 158 valence electrons. The molecular weight excluding hydrogens is 408 g/mol. The Morgan fingerprint density at radius 3 is 2.57 bits per heavy atom. The number of halogens is 1. The van der Waals surface area contributed by atoms with Gasteiger partial charge in [0.05, 0.1) is 16.4 Å². The Labute approximate surface area is 171 Å². The minimum absolute atomic E-state index is 0. The summed E-state index contributed by atoms with van der Waals surface area (Å²) < 4.78 is 26.1. The van der Waals surface area contributed by atoms with Gasteiger partial charge in [-0.15, -0.1) is 12.4 Å². The number of rotatable bonds is 8. The van der Waals surface area contributed by atoms with Crippen molar-refractivity contribution in [2.75, 3.05) is 20.1 Å². The van der Waals surface area contributed by atoms with Crippen molar-refractivity contribution in [1.29, 1.82) is 0 Å². The van der Waals surface area contributed by atoms with Crippen molar-refractivity contribution in [2.24, 2.45) is 11.7 Å². The van der Waals surface area contributed by atoms with Crippen LogP contribution in [0.1, 0.15) is 32.1 Å². The van der Waals surface area contributed by atoms with Crippen LogP contribution in [-0.2, 0) is 14.8 Å². The fraction of sp³-hybridized carbons (Fsp3) is 0.588. The number of non-ortho nitro benzene ring substituents is 1. The fourth-order valence-electron chi connectivity index (χ4n) is 3.38. The van der Waals surface area contributed by atoms with Crippen LogP contribution in [0.15, 0.2) is 29.2 Å². The van der Waals surface area contributed by atoms with Gasteiger partial charge in [-0.2, -0.15) is 4.31 Å². The molecule has 28 heavy (non-hydrogen) atoms. The molecule has 0 saturated heterocycles. The van der Waals surface area contributed by atoms with Gasteiger partial charge in [0.2, 0.25) is 15.9 Å². The summed E-state index contributed by atoms with van der Waals surface area (Å²) in [6.07, 6.45) is 5.41. The first kappa shape index (κ1) is 24.3. The third kappa shape index (κ3) is 6.13. The lowest BCUT2D eigenvalue weighted by Gasteiger charge is -2.30. The molecule has 1 fully saturated rings. The van der Waals surface area contributed by atoms with Crippen LogP contribution in [0.3, 0.4) is 0 Å². The number of nitrogens with zero attached hydrogens (tertiary/aromatic N) is 2. The number of sulfonamides is 1. The van der Waals surface area contributed by atoms with Gasteiger partial charge in [0.15, 0.2) is 0 Å². The molecule has 9 nitrogen and oxygen atoms in total. The number of nitrogens with one attached hydrogen (secondary N) is 1. The van der Waals surface area contributed by atoms with E-state index in [1.54, 1.807) is 0 Å². The van der Waals surface area contributed by atoms with Gasteiger partial charge in [-0.3, -0.25) is 14.9 Å². The molecule has 0 bridgehead atoms. The molecule has 0 heterocycles. The fourth-order valence-corrected chi connectivity index (χ4v) is 4.55. The molecule has 1 saturated carbocycles. The van der Waals surface area contributed by atoms with E-state index in [-0.39, 0.29) is 35.6 Å². The van der Waals surface area contributed by atoms with Crippen LogP contribution in [0.2, 0.25) is 0 Å². The number of hydrogen-bond donors (Lipinski definition) is 2. The number of hydrogen-bond acceptors (Lipinski definition) is 6. The number of likely N-dealkylation sites (N-methyl/N-ethyl adjacent to an activating group) is 1. The summed E-state index contributed by atoms with van der Waals surface area (Å²) in [7, 11) is -2.75. The van der Waals surface area contributed by atoms with Crippen molar-refractivity contribution in [2.45, 2.75) is 43.0 Å². The SMILES string of the molecule is CN(CC(=O)NC(CN)C1CCCCC1)S(=O)(=O)c1cccc([N+](=O)[O-])c1.Cl. The molecule has 11 heteroatoms. The number of nitrogens with two attached hydrogens (primary N) is 1. The Balaban J connectivity index is 0.00000392. The van der Waals surface area contributed by atoms with E-state index in [0.29, 0.717) is 12.5 Å². The molecule has 1 aliphatic rings. The minimum atomic E-state index is -4.02. The second-order valence-electron chi connectivity index (χ2n) is 6.82. The van der Waals surface area contributed by atoms with Gasteiger partial charge in [0.1, 0.15) is 0 Å². The number of amides is 1. The monoisotopic (exact) mass is 434 g/mol. The molecular formula is C17H27ClN4O5S. The van der Waals surface area contributed by atoms with Crippen molar-refractivity contribution in [3.05, 3.63) is 34.4 Å². The summed E-state index contributed by atoms with van der Waals surface area (Å²) in [4.78, 5) is 22.3. The maximum Gasteiger partial charge on any atom is 0.270 e. The van der Waals surface area contributed by atoms with Crippen LogP contribution in [-0.4, -0.2) is 49.7 Å². The molecule has 1 amide bonds. The summed E-state index contributed by atoms with van der Waals surface area (Å²) in [5, 5.41) is 13.7. The third-order valence-electron chi connectivity index (χ3n) is 4.92. The number of nitro groups is 1. The molecule has 0 aliphatic heterocycles. The van der Waals surface area contributed by atoms with E-state index in [1.807, 2.05) is 0 Å². The maximum absolute atomic E-state index is 12.6. The molecule has 1 aromatic carbocycles. The van der Waals surface area contributed by atoms with Crippen LogP contribution in [0.25, 0.3) is 0 Å². The van der Waals surface area contributed by atoms with Crippen molar-refractivity contribution in [1.82, 2.24) is 9.62 Å². The van der Waals surface area contributed by atoms with Crippen LogP contribution in [0.5, 0.6) is 0 Å². The highest BCUT2D eigenvalue weighted by Gasteiger charge is 2.28. The van der Waals surface area contributed by atoms with E-state index in [0.717, 1.165) is 36.1 Å². The second kappa shape index (κ2) is 10.7. The second-order valence-corrected chi connectivity index (χ2v) is 8.87. The van der Waals surface area contributed by atoms with Crippen molar-refractivity contribution in [3.63, 3.8) is 0 Å². The Hall–Kier alpha value is -1.75. The van der Waals surface area contributed by atoms with Crippen LogP contribution in [0.4, 0.5) is 5.69 Å². The summed E-state index contributed by atoms with van der Waals surface area (Å²) in [6, 6.07) is 4.58. The van der Waals surface area contributed by atoms with Gasteiger partial charge in [0.25, 0.3) is 5.69 Å². The zero-order chi connectivity index (χ0) is 20.0. The minimum Gasteiger partial charge on any atom is -0.351 e. The largest absolute Gasteiger partial charge is 0.351 e. The van der Waals surface area contributed by atoms with E-state index >= 15 is 0 Å². The van der Waals surface area contributed by atoms with Gasteiger partial charge in [-0.25, -0.2) is 8.42 Å². The summed E-state index contributed by atoms with van der Waals surface area (Å²) in [5.74, 6) is -0.126. The van der Waals surface area contributed by atoms with Crippen molar-refractivity contribution < 1.29 is 18.1 Å². The Bertz CT molecular complexity index is 784. The first-order valence-corrected chi connectivity index (χ1v) is 10.4. The van der Waals surface area contributed by atoms with Gasteiger partial charge in [-0.05, 0) is 24.8 Å². The lowest BCUT2D eigenvalue weighted by atomic mass is 9.84. The molecule has 1 atom stereocenters. The molecule has 1 unspecified atom stereocenters. The van der Waals surface area contributed by atoms with E-state index in [2.05, 4.69) is 5.32 Å². The highest BCUT2D eigenvalue weighted by atomic mass is 35.5. The van der Waals surface area contributed by atoms with Crippen molar-refractivity contribution >= 4 is 34.0 Å². The standard InChI is InChI=1S/C17H26N4O5S.ClH/c1-20(27(25,26)15-9-5-8-14(10-15)21(23)24)12-17(22)19-16(11-18)13-6-3-2-4-7-13;/h5,8-10,13,16H,2-4,6-7,11-12,18H2,1H3,(H,19,22);1H. The molecule has 1 aromatic rings. The third-order valence-corrected chi connectivity index (χ3v) is 6.72. The molecule has 3 N–H and O–H groups in total. The highest BCUT2D eigenvalue weighted by molar-refractivity contribution is 7.89.